The lowest BCUT2D eigenvalue weighted by Gasteiger charge is -2.23. The van der Waals surface area contributed by atoms with Gasteiger partial charge in [-0.15, -0.1) is 18.2 Å². The molecule has 0 amide bonds. The zero-order chi connectivity index (χ0) is 17.5. The van der Waals surface area contributed by atoms with Gasteiger partial charge in [0.15, 0.2) is 5.58 Å². The van der Waals surface area contributed by atoms with Crippen molar-refractivity contribution in [2.45, 2.75) is 50.6 Å². The third-order valence-electron chi connectivity index (χ3n) is 4.12. The second-order valence-electron chi connectivity index (χ2n) is 5.81. The van der Waals surface area contributed by atoms with E-state index in [-0.39, 0.29) is 17.1 Å². The average Bonchev–Trinajstić information content (AvgIpc) is 2.81. The molecular formula is C15H14F6N2O. The molecule has 3 rings (SSSR count). The molecule has 132 valence electrons. The molecule has 0 saturated heterocycles. The summed E-state index contributed by atoms with van der Waals surface area (Å²) in [5, 5.41) is 0. The van der Waals surface area contributed by atoms with Crippen molar-refractivity contribution in [1.29, 1.82) is 0 Å². The van der Waals surface area contributed by atoms with Crippen LogP contribution in [0.25, 0.3) is 11.1 Å². The molecule has 0 unspecified atom stereocenters. The second-order valence-corrected chi connectivity index (χ2v) is 5.81. The summed E-state index contributed by atoms with van der Waals surface area (Å²) in [5.74, 6) is 0. The second kappa shape index (κ2) is 5.86. The van der Waals surface area contributed by atoms with Crippen molar-refractivity contribution in [1.82, 2.24) is 4.57 Å². The van der Waals surface area contributed by atoms with E-state index in [4.69, 9.17) is 4.42 Å². The number of hydrogen-bond acceptors (Lipinski definition) is 2. The molecule has 0 aliphatic heterocycles. The summed E-state index contributed by atoms with van der Waals surface area (Å²) in [6.07, 6.45) is -5.51. The predicted molar refractivity (Wildman–Crippen MR) is 72.9 cm³/mol. The number of fused-ring (bicyclic) bond motifs is 1. The standard InChI is InChI=1S/C15H14F6N2O/c16-14(17,18)9-6-7-11-12(8-9)24-13(22-15(19,20)21)23(11)10-4-2-1-3-5-10/h6-8,10H,1-5H2. The van der Waals surface area contributed by atoms with Gasteiger partial charge in [0.25, 0.3) is 0 Å². The Morgan fingerprint density at radius 2 is 1.67 bits per heavy atom. The van der Waals surface area contributed by atoms with Crippen LogP contribution >= 0.6 is 0 Å². The van der Waals surface area contributed by atoms with Crippen LogP contribution in [0.4, 0.5) is 26.3 Å². The van der Waals surface area contributed by atoms with Gasteiger partial charge in [0.1, 0.15) is 0 Å². The van der Waals surface area contributed by atoms with Gasteiger partial charge in [0, 0.05) is 6.04 Å². The van der Waals surface area contributed by atoms with Crippen molar-refractivity contribution in [3.8, 4) is 0 Å². The smallest absolute Gasteiger partial charge is 0.423 e. The summed E-state index contributed by atoms with van der Waals surface area (Å²) in [5.41, 5.74) is -1.74. The quantitative estimate of drug-likeness (QED) is 0.514. The molecular weight excluding hydrogens is 338 g/mol. The van der Waals surface area contributed by atoms with E-state index in [2.05, 4.69) is 4.99 Å². The van der Waals surface area contributed by atoms with Gasteiger partial charge in [-0.3, -0.25) is 4.57 Å². The van der Waals surface area contributed by atoms with E-state index < -0.39 is 23.7 Å². The zero-order valence-electron chi connectivity index (χ0n) is 12.4. The Hall–Kier alpha value is -1.93. The Kier molecular flexibility index (Phi) is 4.13. The molecule has 9 heteroatoms. The number of oxazole rings is 1. The molecule has 0 N–H and O–H groups in total. The molecule has 1 aromatic heterocycles. The van der Waals surface area contributed by atoms with Crippen molar-refractivity contribution in [2.75, 3.05) is 0 Å². The molecule has 0 atom stereocenters. The lowest BCUT2D eigenvalue weighted by Crippen LogP contribution is -2.26. The van der Waals surface area contributed by atoms with Crippen LogP contribution in [0.5, 0.6) is 0 Å². The van der Waals surface area contributed by atoms with Crippen LogP contribution < -0.4 is 5.68 Å². The maximum atomic E-state index is 12.8. The first-order valence-electron chi connectivity index (χ1n) is 7.50. The van der Waals surface area contributed by atoms with Crippen LogP contribution in [0.3, 0.4) is 0 Å². The van der Waals surface area contributed by atoms with Crippen molar-refractivity contribution in [3.63, 3.8) is 0 Å². The van der Waals surface area contributed by atoms with E-state index >= 15 is 0 Å². The molecule has 1 aliphatic rings. The molecule has 3 nitrogen and oxygen atoms in total. The Morgan fingerprint density at radius 1 is 1.00 bits per heavy atom. The van der Waals surface area contributed by atoms with E-state index in [1.54, 1.807) is 0 Å². The number of nitrogens with zero attached hydrogens (tertiary/aromatic N) is 2. The van der Waals surface area contributed by atoms with Crippen LogP contribution in [0, 0.1) is 0 Å². The van der Waals surface area contributed by atoms with E-state index in [0.29, 0.717) is 18.9 Å². The summed E-state index contributed by atoms with van der Waals surface area (Å²) < 4.78 is 82.7. The van der Waals surface area contributed by atoms with E-state index in [0.717, 1.165) is 31.4 Å². The fourth-order valence-corrected chi connectivity index (χ4v) is 3.10. The number of rotatable bonds is 1. The van der Waals surface area contributed by atoms with Gasteiger partial charge < -0.3 is 4.42 Å². The van der Waals surface area contributed by atoms with Gasteiger partial charge in [-0.25, -0.2) is 0 Å². The van der Waals surface area contributed by atoms with Gasteiger partial charge in [-0.1, -0.05) is 19.3 Å². The first kappa shape index (κ1) is 16.9. The molecule has 1 saturated carbocycles. The third-order valence-corrected chi connectivity index (χ3v) is 4.12. The van der Waals surface area contributed by atoms with Crippen molar-refractivity contribution >= 4 is 11.1 Å². The zero-order valence-corrected chi connectivity index (χ0v) is 12.4. The number of aromatic nitrogens is 1. The summed E-state index contributed by atoms with van der Waals surface area (Å²) >= 11 is 0. The highest BCUT2D eigenvalue weighted by Gasteiger charge is 2.33. The summed E-state index contributed by atoms with van der Waals surface area (Å²) in [6.45, 7) is 0. The lowest BCUT2D eigenvalue weighted by atomic mass is 9.95. The monoisotopic (exact) mass is 352 g/mol. The Bertz CT molecular complexity index is 793. The van der Waals surface area contributed by atoms with Gasteiger partial charge in [0.2, 0.25) is 0 Å². The molecule has 1 fully saturated rings. The molecule has 1 aromatic carbocycles. The summed E-state index contributed by atoms with van der Waals surface area (Å²) in [6, 6.07) is 2.43. The summed E-state index contributed by atoms with van der Waals surface area (Å²) in [7, 11) is 0. The minimum atomic E-state index is -4.86. The van der Waals surface area contributed by atoms with E-state index in [9.17, 15) is 26.3 Å². The third kappa shape index (κ3) is 3.44. The molecule has 0 radical (unpaired) electrons. The maximum Gasteiger partial charge on any atom is 0.507 e. The van der Waals surface area contributed by atoms with E-state index in [1.165, 1.54) is 4.57 Å². The predicted octanol–water partition coefficient (Wildman–Crippen LogP) is 5.18. The Morgan fingerprint density at radius 3 is 2.25 bits per heavy atom. The first-order chi connectivity index (χ1) is 11.1. The van der Waals surface area contributed by atoms with Crippen molar-refractivity contribution in [3.05, 3.63) is 29.4 Å². The van der Waals surface area contributed by atoms with Gasteiger partial charge in [-0.05, 0) is 31.0 Å². The van der Waals surface area contributed by atoms with Gasteiger partial charge in [0.05, 0.1) is 11.1 Å². The Labute approximate surface area is 132 Å². The number of alkyl halides is 6. The largest absolute Gasteiger partial charge is 0.507 e. The fourth-order valence-electron chi connectivity index (χ4n) is 3.10. The van der Waals surface area contributed by atoms with Gasteiger partial charge >= 0.3 is 18.2 Å². The SMILES string of the molecule is FC(F)(F)N=c1oc2cc(C(F)(F)F)ccc2n1C1CCCCC1. The molecule has 2 aromatic rings. The molecule has 0 bridgehead atoms. The van der Waals surface area contributed by atoms with Crippen molar-refractivity contribution < 1.29 is 30.8 Å². The number of halogens is 6. The van der Waals surface area contributed by atoms with Crippen LogP contribution in [0.15, 0.2) is 27.6 Å². The molecule has 0 spiro atoms. The van der Waals surface area contributed by atoms with Crippen LogP contribution in [0.1, 0.15) is 43.7 Å². The first-order valence-corrected chi connectivity index (χ1v) is 7.50. The number of hydrogen-bond donors (Lipinski definition) is 0. The highest BCUT2D eigenvalue weighted by molar-refractivity contribution is 5.74. The minimum Gasteiger partial charge on any atom is -0.423 e. The summed E-state index contributed by atoms with van der Waals surface area (Å²) in [4.78, 5) is 2.61. The van der Waals surface area contributed by atoms with Crippen LogP contribution in [-0.2, 0) is 6.18 Å². The fraction of sp³-hybridized carbons (Fsp3) is 0.533. The Balaban J connectivity index is 2.21. The highest BCUT2D eigenvalue weighted by Crippen LogP contribution is 2.34. The van der Waals surface area contributed by atoms with Crippen LogP contribution in [-0.4, -0.2) is 10.9 Å². The average molecular weight is 352 g/mol. The highest BCUT2D eigenvalue weighted by atomic mass is 19.4. The number of benzene rings is 1. The normalized spacial score (nSPS) is 18.5. The van der Waals surface area contributed by atoms with Crippen LogP contribution in [0.2, 0.25) is 0 Å². The minimum absolute atomic E-state index is 0.193. The lowest BCUT2D eigenvalue weighted by molar-refractivity contribution is -0.137. The maximum absolute atomic E-state index is 12.8. The van der Waals surface area contributed by atoms with Crippen molar-refractivity contribution in [2.24, 2.45) is 4.99 Å². The molecule has 1 heterocycles. The van der Waals surface area contributed by atoms with E-state index in [1.807, 2.05) is 0 Å². The topological polar surface area (TPSA) is 30.4 Å². The van der Waals surface area contributed by atoms with Gasteiger partial charge in [-0.2, -0.15) is 13.2 Å². The molecule has 1 aliphatic carbocycles. The molecule has 24 heavy (non-hydrogen) atoms.